The van der Waals surface area contributed by atoms with E-state index in [1.165, 1.54) is 35.7 Å². The molecule has 2 nitrogen and oxygen atoms in total. The molecule has 1 aromatic carbocycles. The van der Waals surface area contributed by atoms with Gasteiger partial charge in [0.1, 0.15) is 0 Å². The van der Waals surface area contributed by atoms with Gasteiger partial charge in [-0.1, -0.05) is 22.0 Å². The number of halogens is 1. The number of fused-ring (bicyclic) bond motifs is 1. The zero-order valence-electron chi connectivity index (χ0n) is 10.9. The molecule has 1 aliphatic carbocycles. The van der Waals surface area contributed by atoms with Gasteiger partial charge in [0, 0.05) is 27.6 Å². The summed E-state index contributed by atoms with van der Waals surface area (Å²) in [5.74, 6) is 0.715. The van der Waals surface area contributed by atoms with Crippen molar-refractivity contribution in [3.05, 3.63) is 34.4 Å². The summed E-state index contributed by atoms with van der Waals surface area (Å²) in [7, 11) is 4.39. The maximum atomic E-state index is 3.53. The van der Waals surface area contributed by atoms with Crippen molar-refractivity contribution >= 4 is 26.8 Å². The van der Waals surface area contributed by atoms with Crippen LogP contribution < -0.4 is 0 Å². The SMILES string of the molecule is CN(C)C1CCC(c2c[nH]c3cc(Br)ccc23)C1. The molecule has 2 aromatic rings. The summed E-state index contributed by atoms with van der Waals surface area (Å²) in [6.45, 7) is 0. The first-order valence-electron chi connectivity index (χ1n) is 6.58. The smallest absolute Gasteiger partial charge is 0.0468 e. The third kappa shape index (κ3) is 2.10. The molecule has 18 heavy (non-hydrogen) atoms. The molecule has 0 amide bonds. The van der Waals surface area contributed by atoms with E-state index >= 15 is 0 Å². The Hall–Kier alpha value is -0.800. The fraction of sp³-hybridized carbons (Fsp3) is 0.467. The number of H-pyrrole nitrogens is 1. The van der Waals surface area contributed by atoms with Gasteiger partial charge >= 0.3 is 0 Å². The average Bonchev–Trinajstić information content (AvgIpc) is 2.92. The first-order valence-corrected chi connectivity index (χ1v) is 7.37. The molecule has 1 fully saturated rings. The Labute approximate surface area is 116 Å². The van der Waals surface area contributed by atoms with E-state index in [-0.39, 0.29) is 0 Å². The Balaban J connectivity index is 1.91. The lowest BCUT2D eigenvalue weighted by Crippen LogP contribution is -2.24. The molecular weight excluding hydrogens is 288 g/mol. The number of hydrogen-bond donors (Lipinski definition) is 1. The molecule has 1 aromatic heterocycles. The summed E-state index contributed by atoms with van der Waals surface area (Å²) in [6, 6.07) is 7.28. The minimum absolute atomic E-state index is 0.715. The molecule has 1 heterocycles. The Morgan fingerprint density at radius 3 is 2.83 bits per heavy atom. The van der Waals surface area contributed by atoms with Crippen LogP contribution in [0.4, 0.5) is 0 Å². The fourth-order valence-electron chi connectivity index (χ4n) is 3.17. The minimum Gasteiger partial charge on any atom is -0.361 e. The van der Waals surface area contributed by atoms with E-state index in [1.54, 1.807) is 0 Å². The highest BCUT2D eigenvalue weighted by atomic mass is 79.9. The highest BCUT2D eigenvalue weighted by molar-refractivity contribution is 9.10. The Morgan fingerprint density at radius 2 is 2.11 bits per heavy atom. The van der Waals surface area contributed by atoms with Crippen LogP contribution in [0.1, 0.15) is 30.7 Å². The van der Waals surface area contributed by atoms with Crippen molar-refractivity contribution in [3.8, 4) is 0 Å². The average molecular weight is 307 g/mol. The molecule has 0 saturated heterocycles. The van der Waals surface area contributed by atoms with Gasteiger partial charge in [0.05, 0.1) is 0 Å². The van der Waals surface area contributed by atoms with Gasteiger partial charge in [-0.3, -0.25) is 0 Å². The molecular formula is C15H19BrN2. The van der Waals surface area contributed by atoms with Crippen LogP contribution in [0.2, 0.25) is 0 Å². The molecule has 2 atom stereocenters. The van der Waals surface area contributed by atoms with Crippen molar-refractivity contribution in [2.24, 2.45) is 0 Å². The number of benzene rings is 1. The molecule has 0 aliphatic heterocycles. The third-order valence-corrected chi connectivity index (χ3v) is 4.74. The van der Waals surface area contributed by atoms with Crippen molar-refractivity contribution in [2.75, 3.05) is 14.1 Å². The van der Waals surface area contributed by atoms with Crippen LogP contribution in [0.15, 0.2) is 28.9 Å². The molecule has 1 saturated carbocycles. The van der Waals surface area contributed by atoms with Crippen molar-refractivity contribution in [2.45, 2.75) is 31.2 Å². The topological polar surface area (TPSA) is 19.0 Å². The van der Waals surface area contributed by atoms with Gasteiger partial charge in [-0.25, -0.2) is 0 Å². The molecule has 0 bridgehead atoms. The predicted octanol–water partition coefficient (Wildman–Crippen LogP) is 4.13. The van der Waals surface area contributed by atoms with Crippen LogP contribution in [0, 0.1) is 0 Å². The molecule has 3 rings (SSSR count). The van der Waals surface area contributed by atoms with Crippen LogP contribution in [0.5, 0.6) is 0 Å². The largest absolute Gasteiger partial charge is 0.361 e. The lowest BCUT2D eigenvalue weighted by Gasteiger charge is -2.18. The van der Waals surface area contributed by atoms with E-state index in [9.17, 15) is 0 Å². The van der Waals surface area contributed by atoms with E-state index < -0.39 is 0 Å². The van der Waals surface area contributed by atoms with Crippen molar-refractivity contribution < 1.29 is 0 Å². The number of hydrogen-bond acceptors (Lipinski definition) is 1. The quantitative estimate of drug-likeness (QED) is 0.884. The van der Waals surface area contributed by atoms with Crippen molar-refractivity contribution in [3.63, 3.8) is 0 Å². The zero-order chi connectivity index (χ0) is 12.7. The normalized spacial score (nSPS) is 24.2. The van der Waals surface area contributed by atoms with Gasteiger partial charge < -0.3 is 9.88 Å². The Morgan fingerprint density at radius 1 is 1.28 bits per heavy atom. The molecule has 96 valence electrons. The first-order chi connectivity index (χ1) is 8.65. The Kier molecular flexibility index (Phi) is 3.20. The molecule has 1 N–H and O–H groups in total. The zero-order valence-corrected chi connectivity index (χ0v) is 12.5. The van der Waals surface area contributed by atoms with Gasteiger partial charge in [0.15, 0.2) is 0 Å². The summed E-state index contributed by atoms with van der Waals surface area (Å²) in [6.07, 6.45) is 6.13. The third-order valence-electron chi connectivity index (χ3n) is 4.25. The fourth-order valence-corrected chi connectivity index (χ4v) is 3.53. The molecule has 2 unspecified atom stereocenters. The van der Waals surface area contributed by atoms with Gasteiger partial charge in [-0.05, 0) is 57.0 Å². The minimum atomic E-state index is 0.715. The second-order valence-electron chi connectivity index (χ2n) is 5.56. The summed E-state index contributed by atoms with van der Waals surface area (Å²) < 4.78 is 1.14. The number of nitrogens with zero attached hydrogens (tertiary/aromatic N) is 1. The lowest BCUT2D eigenvalue weighted by molar-refractivity contribution is 0.297. The van der Waals surface area contributed by atoms with Crippen molar-refractivity contribution in [1.82, 2.24) is 9.88 Å². The van der Waals surface area contributed by atoms with Crippen LogP contribution in [0.3, 0.4) is 0 Å². The maximum absolute atomic E-state index is 3.53. The van der Waals surface area contributed by atoms with Gasteiger partial charge in [-0.2, -0.15) is 0 Å². The van der Waals surface area contributed by atoms with E-state index in [2.05, 4.69) is 64.3 Å². The van der Waals surface area contributed by atoms with Crippen molar-refractivity contribution in [1.29, 1.82) is 0 Å². The number of aromatic amines is 1. The van der Waals surface area contributed by atoms with Gasteiger partial charge in [0.2, 0.25) is 0 Å². The summed E-state index contributed by atoms with van der Waals surface area (Å²) in [5, 5.41) is 1.39. The highest BCUT2D eigenvalue weighted by Crippen LogP contribution is 2.39. The highest BCUT2D eigenvalue weighted by Gasteiger charge is 2.28. The van der Waals surface area contributed by atoms with Crippen LogP contribution >= 0.6 is 15.9 Å². The van der Waals surface area contributed by atoms with Crippen LogP contribution in [0.25, 0.3) is 10.9 Å². The first kappa shape index (κ1) is 12.2. The van der Waals surface area contributed by atoms with E-state index in [0.29, 0.717) is 5.92 Å². The monoisotopic (exact) mass is 306 g/mol. The molecule has 0 spiro atoms. The maximum Gasteiger partial charge on any atom is 0.0468 e. The predicted molar refractivity (Wildman–Crippen MR) is 80.1 cm³/mol. The second-order valence-corrected chi connectivity index (χ2v) is 6.48. The second kappa shape index (κ2) is 4.71. The summed E-state index contributed by atoms with van der Waals surface area (Å²) >= 11 is 3.53. The summed E-state index contributed by atoms with van der Waals surface area (Å²) in [5.41, 5.74) is 2.74. The van der Waals surface area contributed by atoms with Gasteiger partial charge in [-0.15, -0.1) is 0 Å². The summed E-state index contributed by atoms with van der Waals surface area (Å²) in [4.78, 5) is 5.77. The molecule has 3 heteroatoms. The number of nitrogens with one attached hydrogen (secondary N) is 1. The lowest BCUT2D eigenvalue weighted by atomic mass is 9.97. The molecule has 1 aliphatic rings. The Bertz CT molecular complexity index is 559. The standard InChI is InChI=1S/C15H19BrN2/c1-18(2)12-5-3-10(7-12)14-9-17-15-8-11(16)4-6-13(14)15/h4,6,8-10,12,17H,3,5,7H2,1-2H3. The van der Waals surface area contributed by atoms with Gasteiger partial charge in [0.25, 0.3) is 0 Å². The number of rotatable bonds is 2. The van der Waals surface area contributed by atoms with Crippen LogP contribution in [-0.4, -0.2) is 30.0 Å². The molecule has 0 radical (unpaired) electrons. The van der Waals surface area contributed by atoms with E-state index in [0.717, 1.165) is 10.5 Å². The van der Waals surface area contributed by atoms with E-state index in [1.807, 2.05) is 0 Å². The number of aromatic nitrogens is 1. The van der Waals surface area contributed by atoms with Crippen LogP contribution in [-0.2, 0) is 0 Å². The van der Waals surface area contributed by atoms with E-state index in [4.69, 9.17) is 0 Å².